The molecule has 0 radical (unpaired) electrons. The van der Waals surface area contributed by atoms with Gasteiger partial charge in [0.2, 0.25) is 17.8 Å². The van der Waals surface area contributed by atoms with Crippen LogP contribution in [0.3, 0.4) is 0 Å². The summed E-state index contributed by atoms with van der Waals surface area (Å²) in [6.07, 6.45) is 0.696. The van der Waals surface area contributed by atoms with Gasteiger partial charge in [-0.2, -0.15) is 15.0 Å². The molecule has 0 amide bonds. The molecule has 2 fully saturated rings. The number of phenolic OH excluding ortho intramolecular Hbond substituents is 1. The van der Waals surface area contributed by atoms with Crippen LogP contribution in [-0.4, -0.2) is 78.8 Å². The van der Waals surface area contributed by atoms with Crippen LogP contribution in [0.25, 0.3) is 0 Å². The number of benzene rings is 3. The Bertz CT molecular complexity index is 1790. The standard InChI is InChI=1S/C32H41N11O3S/c1-20-7-10-25(11-8-20)47(45,46)43(15-21-5-3-2-4-6-21)28-12-9-24(14-29(28)44)37-30-38-31(41-16-22(33)13-23(34)17-41)40-32(39-30)42-18-26(35)27(36)19-42/h2-12,14,22-23,26-27,44H,13,15-19,33-36H2,1H3,(H,37,38,39,40)/t22-,23+,26-,27+. The minimum Gasteiger partial charge on any atom is -0.506 e. The van der Waals surface area contributed by atoms with E-state index in [4.69, 9.17) is 27.9 Å². The monoisotopic (exact) mass is 659 g/mol. The Labute approximate surface area is 274 Å². The van der Waals surface area contributed by atoms with Crippen LogP contribution >= 0.6 is 0 Å². The molecule has 2 aliphatic rings. The molecule has 10 N–H and O–H groups in total. The first-order valence-corrected chi connectivity index (χ1v) is 16.9. The zero-order valence-corrected chi connectivity index (χ0v) is 27.0. The molecular formula is C32H41N11O3S. The van der Waals surface area contributed by atoms with Gasteiger partial charge in [-0.25, -0.2) is 8.42 Å². The molecule has 15 heteroatoms. The number of nitrogens with one attached hydrogen (secondary N) is 1. The van der Waals surface area contributed by atoms with E-state index in [2.05, 4.69) is 15.3 Å². The molecule has 14 nitrogen and oxygen atoms in total. The van der Waals surface area contributed by atoms with Crippen molar-refractivity contribution in [1.29, 1.82) is 0 Å². The summed E-state index contributed by atoms with van der Waals surface area (Å²) in [7, 11) is -4.05. The summed E-state index contributed by atoms with van der Waals surface area (Å²) in [5, 5.41) is 14.5. The predicted octanol–water partition coefficient (Wildman–Crippen LogP) is 1.36. The lowest BCUT2D eigenvalue weighted by molar-refractivity contribution is 0.447. The lowest BCUT2D eigenvalue weighted by atomic mass is 10.0. The second kappa shape index (κ2) is 13.3. The Morgan fingerprint density at radius 1 is 0.830 bits per heavy atom. The number of hydrogen-bond acceptors (Lipinski definition) is 13. The van der Waals surface area contributed by atoms with Gasteiger partial charge in [0.1, 0.15) is 5.75 Å². The number of sulfonamides is 1. The van der Waals surface area contributed by atoms with E-state index in [-0.39, 0.29) is 53.0 Å². The van der Waals surface area contributed by atoms with Crippen LogP contribution < -0.4 is 42.4 Å². The first kappa shape index (κ1) is 32.4. The molecular weight excluding hydrogens is 618 g/mol. The van der Waals surface area contributed by atoms with Crippen molar-refractivity contribution in [1.82, 2.24) is 15.0 Å². The maximum absolute atomic E-state index is 13.9. The highest BCUT2D eigenvalue weighted by Gasteiger charge is 2.32. The number of aromatic hydroxyl groups is 1. The van der Waals surface area contributed by atoms with Gasteiger partial charge in [-0.15, -0.1) is 0 Å². The van der Waals surface area contributed by atoms with E-state index in [1.165, 1.54) is 10.4 Å². The van der Waals surface area contributed by atoms with Crippen molar-refractivity contribution in [3.05, 3.63) is 83.9 Å². The molecule has 0 spiro atoms. The fourth-order valence-corrected chi connectivity index (χ4v) is 7.35. The zero-order valence-electron chi connectivity index (χ0n) is 26.1. The molecule has 0 bridgehead atoms. The maximum atomic E-state index is 13.9. The largest absolute Gasteiger partial charge is 0.506 e. The lowest BCUT2D eigenvalue weighted by Gasteiger charge is -2.35. The van der Waals surface area contributed by atoms with Gasteiger partial charge < -0.3 is 43.2 Å². The summed E-state index contributed by atoms with van der Waals surface area (Å²) in [4.78, 5) is 18.0. The number of hydrogen-bond donors (Lipinski definition) is 6. The topological polar surface area (TPSA) is 219 Å². The first-order chi connectivity index (χ1) is 22.5. The zero-order chi connectivity index (χ0) is 33.3. The Morgan fingerprint density at radius 2 is 1.43 bits per heavy atom. The second-order valence-electron chi connectivity index (χ2n) is 12.3. The van der Waals surface area contributed by atoms with Crippen LogP contribution in [0.5, 0.6) is 5.75 Å². The van der Waals surface area contributed by atoms with Gasteiger partial charge in [0.25, 0.3) is 10.0 Å². The Morgan fingerprint density at radius 3 is 2.02 bits per heavy atom. The molecule has 0 saturated carbocycles. The van der Waals surface area contributed by atoms with Crippen molar-refractivity contribution in [2.75, 3.05) is 45.6 Å². The van der Waals surface area contributed by atoms with E-state index in [1.807, 2.05) is 47.1 Å². The molecule has 0 aliphatic carbocycles. The van der Waals surface area contributed by atoms with Crippen LogP contribution in [0.4, 0.5) is 29.2 Å². The van der Waals surface area contributed by atoms with Crippen LogP contribution in [-0.2, 0) is 16.6 Å². The van der Waals surface area contributed by atoms with Gasteiger partial charge in [-0.3, -0.25) is 4.31 Å². The average molecular weight is 660 g/mol. The van der Waals surface area contributed by atoms with Crippen LogP contribution in [0.2, 0.25) is 0 Å². The first-order valence-electron chi connectivity index (χ1n) is 15.5. The highest BCUT2D eigenvalue weighted by atomic mass is 32.2. The molecule has 2 aliphatic heterocycles. The number of phenols is 1. The third-order valence-electron chi connectivity index (χ3n) is 8.38. The summed E-state index contributed by atoms with van der Waals surface area (Å²) >= 11 is 0. The molecule has 6 rings (SSSR count). The average Bonchev–Trinajstić information content (AvgIpc) is 3.38. The minimum atomic E-state index is -4.05. The molecule has 248 valence electrons. The Hall–Kier alpha value is -4.54. The lowest BCUT2D eigenvalue weighted by Crippen LogP contribution is -2.53. The number of rotatable bonds is 9. The van der Waals surface area contributed by atoms with E-state index < -0.39 is 10.0 Å². The number of nitrogens with two attached hydrogens (primary N) is 4. The summed E-state index contributed by atoms with van der Waals surface area (Å²) in [5.74, 6) is 0.761. The van der Waals surface area contributed by atoms with Crippen molar-refractivity contribution < 1.29 is 13.5 Å². The number of piperidine rings is 1. The third kappa shape index (κ3) is 7.24. The van der Waals surface area contributed by atoms with Crippen molar-refractivity contribution in [3.63, 3.8) is 0 Å². The van der Waals surface area contributed by atoms with Gasteiger partial charge in [0.05, 0.1) is 17.1 Å². The molecule has 3 aromatic carbocycles. The minimum absolute atomic E-state index is 0.0117. The van der Waals surface area contributed by atoms with Crippen LogP contribution in [0.15, 0.2) is 77.7 Å². The fraction of sp³-hybridized carbons (Fsp3) is 0.344. The van der Waals surface area contributed by atoms with Crippen LogP contribution in [0.1, 0.15) is 17.5 Å². The molecule has 3 heterocycles. The third-order valence-corrected chi connectivity index (χ3v) is 10.2. The highest BCUT2D eigenvalue weighted by molar-refractivity contribution is 7.92. The Kier molecular flexibility index (Phi) is 9.16. The summed E-state index contributed by atoms with van der Waals surface area (Å²) in [6.45, 7) is 3.91. The van der Waals surface area contributed by atoms with Crippen molar-refractivity contribution >= 4 is 39.2 Å². The Balaban J connectivity index is 1.33. The number of nitrogens with zero attached hydrogens (tertiary/aromatic N) is 6. The second-order valence-corrected chi connectivity index (χ2v) is 14.2. The summed E-state index contributed by atoms with van der Waals surface area (Å²) in [6, 6.07) is 19.7. The number of aromatic nitrogens is 3. The van der Waals surface area contributed by atoms with E-state index in [1.54, 1.807) is 36.4 Å². The highest BCUT2D eigenvalue weighted by Crippen LogP contribution is 2.36. The van der Waals surface area contributed by atoms with Crippen molar-refractivity contribution in [2.45, 2.75) is 49.0 Å². The maximum Gasteiger partial charge on any atom is 0.264 e. The van der Waals surface area contributed by atoms with Crippen molar-refractivity contribution in [2.24, 2.45) is 22.9 Å². The van der Waals surface area contributed by atoms with Gasteiger partial charge in [0, 0.05) is 62.1 Å². The fourth-order valence-electron chi connectivity index (χ4n) is 5.88. The SMILES string of the molecule is Cc1ccc(S(=O)(=O)N(Cc2ccccc2)c2ccc(Nc3nc(N4C[C@H](N)C[C@H](N)C4)nc(N4C[C@@H](N)[C@@H](N)C4)n3)cc2O)cc1. The van der Waals surface area contributed by atoms with Crippen LogP contribution in [0, 0.1) is 6.92 Å². The van der Waals surface area contributed by atoms with Gasteiger partial charge >= 0.3 is 0 Å². The van der Waals surface area contributed by atoms with E-state index in [0.717, 1.165) is 11.1 Å². The van der Waals surface area contributed by atoms with E-state index in [9.17, 15) is 13.5 Å². The normalized spacial score (nSPS) is 21.6. The van der Waals surface area contributed by atoms with Gasteiger partial charge in [-0.05, 0) is 43.2 Å². The molecule has 4 aromatic rings. The summed E-state index contributed by atoms with van der Waals surface area (Å²) < 4.78 is 29.1. The number of anilines is 5. The molecule has 1 aromatic heterocycles. The molecule has 47 heavy (non-hydrogen) atoms. The smallest absolute Gasteiger partial charge is 0.264 e. The predicted molar refractivity (Wildman–Crippen MR) is 183 cm³/mol. The van der Waals surface area contributed by atoms with Crippen molar-refractivity contribution in [3.8, 4) is 5.75 Å². The van der Waals surface area contributed by atoms with E-state index >= 15 is 0 Å². The molecule has 2 saturated heterocycles. The van der Waals surface area contributed by atoms with E-state index in [0.29, 0.717) is 50.2 Å². The van der Waals surface area contributed by atoms with Gasteiger partial charge in [0.15, 0.2) is 0 Å². The van der Waals surface area contributed by atoms with Gasteiger partial charge in [-0.1, -0.05) is 48.0 Å². The number of aryl methyl sites for hydroxylation is 1. The summed E-state index contributed by atoms with van der Waals surface area (Å²) in [5.41, 5.74) is 27.2. The molecule has 4 atom stereocenters. The molecule has 0 unspecified atom stereocenters. The quantitative estimate of drug-likeness (QED) is 0.150.